The molecule has 1 fully saturated rings. The molecule has 0 spiro atoms. The summed E-state index contributed by atoms with van der Waals surface area (Å²) in [5.74, 6) is -1.67. The van der Waals surface area contributed by atoms with Crippen molar-refractivity contribution in [1.82, 2.24) is 10.6 Å². The molecule has 2 amide bonds. The molecule has 2 aliphatic carbocycles. The van der Waals surface area contributed by atoms with Gasteiger partial charge in [0.15, 0.2) is 0 Å². The number of carboxylic acids is 1. The molecule has 168 valence electrons. The van der Waals surface area contributed by atoms with Gasteiger partial charge in [-0.2, -0.15) is 0 Å². The molecule has 32 heavy (non-hydrogen) atoms. The van der Waals surface area contributed by atoms with Crippen molar-refractivity contribution >= 4 is 18.0 Å². The van der Waals surface area contributed by atoms with Crippen LogP contribution in [-0.4, -0.2) is 41.8 Å². The monoisotopic (exact) mass is 436 g/mol. The predicted octanol–water partition coefficient (Wildman–Crippen LogP) is 3.67. The number of alkyl carbamates (subject to hydrolysis) is 1. The normalized spacial score (nSPS) is 20.5. The second kappa shape index (κ2) is 9.42. The van der Waals surface area contributed by atoms with Crippen molar-refractivity contribution in [3.63, 3.8) is 0 Å². The number of carboxylic acid groups (broad SMARTS) is 1. The minimum atomic E-state index is -1.07. The number of ether oxygens (including phenoxy) is 1. The van der Waals surface area contributed by atoms with Crippen molar-refractivity contribution in [1.29, 1.82) is 0 Å². The Morgan fingerprint density at radius 1 is 1.03 bits per heavy atom. The summed E-state index contributed by atoms with van der Waals surface area (Å²) in [4.78, 5) is 35.9. The zero-order valence-corrected chi connectivity index (χ0v) is 18.0. The van der Waals surface area contributed by atoms with E-state index in [1.807, 2.05) is 24.3 Å². The van der Waals surface area contributed by atoms with E-state index < -0.39 is 18.1 Å². The molecule has 0 saturated heterocycles. The van der Waals surface area contributed by atoms with E-state index in [9.17, 15) is 14.4 Å². The Hall–Kier alpha value is -3.35. The molecule has 3 N–H and O–H groups in total. The maximum absolute atomic E-state index is 12.5. The Kier molecular flexibility index (Phi) is 6.44. The highest BCUT2D eigenvalue weighted by Gasteiger charge is 2.31. The van der Waals surface area contributed by atoms with Crippen molar-refractivity contribution in [3.8, 4) is 11.1 Å². The lowest BCUT2D eigenvalue weighted by molar-refractivity contribution is -0.142. The fourth-order valence-electron chi connectivity index (χ4n) is 4.76. The van der Waals surface area contributed by atoms with Gasteiger partial charge in [-0.3, -0.25) is 9.59 Å². The van der Waals surface area contributed by atoms with Gasteiger partial charge in [0, 0.05) is 17.9 Å². The fourth-order valence-corrected chi connectivity index (χ4v) is 4.76. The zero-order valence-electron chi connectivity index (χ0n) is 18.0. The first-order chi connectivity index (χ1) is 15.4. The van der Waals surface area contributed by atoms with Crippen LogP contribution in [0, 0.1) is 5.92 Å². The maximum Gasteiger partial charge on any atom is 0.407 e. The first kappa shape index (κ1) is 21.9. The standard InChI is InChI=1S/C25H28N2O5/c1-15(24(29)30)26-23(28)16-7-6-8-17(13-16)27-25(31)32-14-22-20-11-4-2-9-18(20)19-10-3-5-12-21(19)22/h2-5,9-12,15-17,22H,6-8,13-14H2,1H3,(H,26,28)(H,27,31)(H,29,30)/t15-,16+,17-/m0/s1. The minimum absolute atomic E-state index is 0.00413. The van der Waals surface area contributed by atoms with Gasteiger partial charge in [-0.05, 0) is 48.4 Å². The number of amides is 2. The molecule has 2 aromatic rings. The largest absolute Gasteiger partial charge is 0.480 e. The van der Waals surface area contributed by atoms with Crippen LogP contribution >= 0.6 is 0 Å². The van der Waals surface area contributed by atoms with Crippen LogP contribution in [0.1, 0.15) is 49.7 Å². The van der Waals surface area contributed by atoms with Crippen molar-refractivity contribution in [2.75, 3.05) is 6.61 Å². The van der Waals surface area contributed by atoms with E-state index in [-0.39, 0.29) is 30.4 Å². The molecule has 3 atom stereocenters. The van der Waals surface area contributed by atoms with Gasteiger partial charge in [0.25, 0.3) is 0 Å². The highest BCUT2D eigenvalue weighted by Crippen LogP contribution is 2.44. The summed E-state index contributed by atoms with van der Waals surface area (Å²) < 4.78 is 5.61. The molecular formula is C25H28N2O5. The third-order valence-electron chi connectivity index (χ3n) is 6.44. The van der Waals surface area contributed by atoms with Gasteiger partial charge in [-0.1, -0.05) is 55.0 Å². The second-order valence-corrected chi connectivity index (χ2v) is 8.60. The van der Waals surface area contributed by atoms with Crippen LogP contribution in [-0.2, 0) is 14.3 Å². The molecule has 1 saturated carbocycles. The molecular weight excluding hydrogens is 408 g/mol. The van der Waals surface area contributed by atoms with Crippen LogP contribution in [0.2, 0.25) is 0 Å². The van der Waals surface area contributed by atoms with Crippen molar-refractivity contribution in [3.05, 3.63) is 59.7 Å². The first-order valence-corrected chi connectivity index (χ1v) is 11.1. The molecule has 7 nitrogen and oxygen atoms in total. The topological polar surface area (TPSA) is 105 Å². The van der Waals surface area contributed by atoms with Gasteiger partial charge in [0.1, 0.15) is 12.6 Å². The van der Waals surface area contributed by atoms with Crippen LogP contribution in [0.15, 0.2) is 48.5 Å². The minimum Gasteiger partial charge on any atom is -0.480 e. The van der Waals surface area contributed by atoms with E-state index in [0.29, 0.717) is 12.8 Å². The third kappa shape index (κ3) is 4.61. The van der Waals surface area contributed by atoms with E-state index in [1.54, 1.807) is 0 Å². The Morgan fingerprint density at radius 3 is 2.28 bits per heavy atom. The molecule has 0 radical (unpaired) electrons. The van der Waals surface area contributed by atoms with Crippen LogP contribution in [0.3, 0.4) is 0 Å². The number of carbonyl (C=O) groups is 3. The molecule has 0 heterocycles. The summed E-state index contributed by atoms with van der Waals surface area (Å²) in [6.45, 7) is 1.68. The lowest BCUT2D eigenvalue weighted by Gasteiger charge is -2.29. The lowest BCUT2D eigenvalue weighted by Crippen LogP contribution is -2.46. The van der Waals surface area contributed by atoms with Crippen LogP contribution in [0.5, 0.6) is 0 Å². The molecule has 7 heteroatoms. The van der Waals surface area contributed by atoms with Gasteiger partial charge in [-0.25, -0.2) is 4.79 Å². The van der Waals surface area contributed by atoms with Crippen LogP contribution in [0.4, 0.5) is 4.79 Å². The summed E-state index contributed by atoms with van der Waals surface area (Å²) in [5.41, 5.74) is 4.66. The van der Waals surface area contributed by atoms with Crippen molar-refractivity contribution < 1.29 is 24.2 Å². The van der Waals surface area contributed by atoms with Crippen molar-refractivity contribution in [2.24, 2.45) is 5.92 Å². The molecule has 2 aliphatic rings. The average molecular weight is 437 g/mol. The molecule has 0 aliphatic heterocycles. The fraction of sp³-hybridized carbons (Fsp3) is 0.400. The second-order valence-electron chi connectivity index (χ2n) is 8.60. The van der Waals surface area contributed by atoms with E-state index in [4.69, 9.17) is 9.84 Å². The number of fused-ring (bicyclic) bond motifs is 3. The lowest BCUT2D eigenvalue weighted by atomic mass is 9.85. The van der Waals surface area contributed by atoms with E-state index in [2.05, 4.69) is 34.9 Å². The van der Waals surface area contributed by atoms with Gasteiger partial charge >= 0.3 is 12.1 Å². The number of hydrogen-bond donors (Lipinski definition) is 3. The molecule has 0 aromatic heterocycles. The Bertz CT molecular complexity index is 975. The number of nitrogens with one attached hydrogen (secondary N) is 2. The number of benzene rings is 2. The summed E-state index contributed by atoms with van der Waals surface area (Å²) in [6.07, 6.45) is 2.22. The Morgan fingerprint density at radius 2 is 1.66 bits per heavy atom. The van der Waals surface area contributed by atoms with Gasteiger partial charge in [0.05, 0.1) is 0 Å². The van der Waals surface area contributed by atoms with Crippen LogP contribution < -0.4 is 10.6 Å². The SMILES string of the molecule is C[C@H](NC(=O)[C@@H]1CCC[C@H](NC(=O)OCC2c3ccccc3-c3ccccc32)C1)C(=O)O. The predicted molar refractivity (Wildman–Crippen MR) is 119 cm³/mol. The third-order valence-corrected chi connectivity index (χ3v) is 6.44. The average Bonchev–Trinajstić information content (AvgIpc) is 3.11. The highest BCUT2D eigenvalue weighted by molar-refractivity contribution is 5.85. The van der Waals surface area contributed by atoms with Gasteiger partial charge in [0.2, 0.25) is 5.91 Å². The summed E-state index contributed by atoms with van der Waals surface area (Å²) in [6, 6.07) is 15.2. The van der Waals surface area contributed by atoms with E-state index in [0.717, 1.165) is 24.0 Å². The Balaban J connectivity index is 1.33. The maximum atomic E-state index is 12.5. The number of carbonyl (C=O) groups excluding carboxylic acids is 2. The summed E-state index contributed by atoms with van der Waals surface area (Å²) >= 11 is 0. The summed E-state index contributed by atoms with van der Waals surface area (Å²) in [5, 5.41) is 14.4. The number of aliphatic carboxylic acids is 1. The highest BCUT2D eigenvalue weighted by atomic mass is 16.5. The quantitative estimate of drug-likeness (QED) is 0.641. The molecule has 2 aromatic carbocycles. The van der Waals surface area contributed by atoms with Gasteiger partial charge < -0.3 is 20.5 Å². The zero-order chi connectivity index (χ0) is 22.7. The van der Waals surface area contributed by atoms with E-state index >= 15 is 0 Å². The first-order valence-electron chi connectivity index (χ1n) is 11.1. The van der Waals surface area contributed by atoms with Gasteiger partial charge in [-0.15, -0.1) is 0 Å². The molecule has 0 unspecified atom stereocenters. The number of rotatable bonds is 6. The van der Waals surface area contributed by atoms with Crippen LogP contribution in [0.25, 0.3) is 11.1 Å². The molecule has 4 rings (SSSR count). The number of hydrogen-bond acceptors (Lipinski definition) is 4. The summed E-state index contributed by atoms with van der Waals surface area (Å²) in [7, 11) is 0. The van der Waals surface area contributed by atoms with E-state index in [1.165, 1.54) is 18.1 Å². The van der Waals surface area contributed by atoms with Crippen molar-refractivity contribution in [2.45, 2.75) is 50.6 Å². The Labute approximate surface area is 187 Å². The smallest absolute Gasteiger partial charge is 0.407 e. The molecule has 0 bridgehead atoms.